The van der Waals surface area contributed by atoms with Gasteiger partial charge in [-0.15, -0.1) is 21.5 Å². The molecule has 0 aliphatic heterocycles. The molecular formula is C8H10N6OS. The lowest BCUT2D eigenvalue weighted by Gasteiger charge is -1.91. The molecule has 0 aromatic carbocycles. The number of nitrogens with two attached hydrogens (primary N) is 1. The van der Waals surface area contributed by atoms with Gasteiger partial charge in [0.15, 0.2) is 11.6 Å². The second-order valence-corrected chi connectivity index (χ2v) is 4.07. The zero-order chi connectivity index (χ0) is 11.5. The van der Waals surface area contributed by atoms with Crippen molar-refractivity contribution in [3.8, 4) is 0 Å². The van der Waals surface area contributed by atoms with Gasteiger partial charge in [-0.25, -0.2) is 4.98 Å². The van der Waals surface area contributed by atoms with Crippen molar-refractivity contribution in [2.45, 2.75) is 13.0 Å². The predicted octanol–water partition coefficient (Wildman–Crippen LogP) is -0.449. The molecule has 0 radical (unpaired) electrons. The summed E-state index contributed by atoms with van der Waals surface area (Å²) in [7, 11) is 1.65. The Hall–Kier alpha value is -1.67. The third kappa shape index (κ3) is 2.28. The highest BCUT2D eigenvalue weighted by atomic mass is 32.1. The maximum absolute atomic E-state index is 11.7. The van der Waals surface area contributed by atoms with Crippen molar-refractivity contribution < 1.29 is 4.79 Å². The number of ketones is 1. The van der Waals surface area contributed by atoms with Crippen LogP contribution in [-0.2, 0) is 20.0 Å². The molecule has 2 N–H and O–H groups in total. The molecule has 0 spiro atoms. The first-order valence-electron chi connectivity index (χ1n) is 4.59. The smallest absolute Gasteiger partial charge is 0.189 e. The Labute approximate surface area is 95.3 Å². The Morgan fingerprint density at radius 3 is 3.00 bits per heavy atom. The lowest BCUT2D eigenvalue weighted by molar-refractivity contribution is 0.0986. The van der Waals surface area contributed by atoms with E-state index >= 15 is 0 Å². The summed E-state index contributed by atoms with van der Waals surface area (Å²) in [5.41, 5.74) is 5.83. The van der Waals surface area contributed by atoms with Crippen molar-refractivity contribution in [1.29, 1.82) is 0 Å². The van der Waals surface area contributed by atoms with Crippen LogP contribution in [0.15, 0.2) is 5.38 Å². The minimum Gasteiger partial charge on any atom is -0.325 e. The van der Waals surface area contributed by atoms with Crippen LogP contribution in [0.4, 0.5) is 0 Å². The third-order valence-corrected chi connectivity index (χ3v) is 2.75. The molecule has 2 aromatic heterocycles. The fourth-order valence-corrected chi connectivity index (χ4v) is 1.84. The fraction of sp³-hybridized carbons (Fsp3) is 0.375. The van der Waals surface area contributed by atoms with Crippen molar-refractivity contribution in [1.82, 2.24) is 25.2 Å². The number of aryl methyl sites for hydroxylation is 1. The summed E-state index contributed by atoms with van der Waals surface area (Å²) in [4.78, 5) is 17.1. The number of thiazole rings is 1. The predicted molar refractivity (Wildman–Crippen MR) is 56.8 cm³/mol. The topological polar surface area (TPSA) is 99.6 Å². The molecule has 0 aliphatic rings. The van der Waals surface area contributed by atoms with Crippen molar-refractivity contribution in [2.24, 2.45) is 12.8 Å². The van der Waals surface area contributed by atoms with Gasteiger partial charge in [0.25, 0.3) is 0 Å². The first-order valence-corrected chi connectivity index (χ1v) is 5.47. The normalized spacial score (nSPS) is 10.6. The molecule has 0 saturated heterocycles. The average Bonchev–Trinajstić information content (AvgIpc) is 2.87. The summed E-state index contributed by atoms with van der Waals surface area (Å²) in [6, 6.07) is 0. The molecule has 0 amide bonds. The van der Waals surface area contributed by atoms with Gasteiger partial charge in [0.05, 0.1) is 13.5 Å². The van der Waals surface area contributed by atoms with Crippen LogP contribution in [-0.4, -0.2) is 31.0 Å². The number of hydrogen-bond acceptors (Lipinski definition) is 7. The summed E-state index contributed by atoms with van der Waals surface area (Å²) >= 11 is 1.38. The van der Waals surface area contributed by atoms with E-state index in [1.807, 2.05) is 0 Å². The minimum absolute atomic E-state index is 0.113. The molecule has 0 saturated carbocycles. The van der Waals surface area contributed by atoms with Crippen LogP contribution in [0, 0.1) is 0 Å². The molecule has 2 rings (SSSR count). The summed E-state index contributed by atoms with van der Waals surface area (Å²) in [5.74, 6) is 0.277. The number of Topliss-reactive ketones (excluding diaryl/α,β-unsaturated/α-hetero) is 1. The highest BCUT2D eigenvalue weighted by Gasteiger charge is 2.13. The van der Waals surface area contributed by atoms with Gasteiger partial charge in [-0.3, -0.25) is 4.79 Å². The summed E-state index contributed by atoms with van der Waals surface area (Å²) in [5, 5.41) is 13.8. The standard InChI is InChI=1S/C8H10N6OS/c1-14-12-7(11-13-14)2-6(15)5-4-16-8(3-9)10-5/h4H,2-3,9H2,1H3. The fourth-order valence-electron chi connectivity index (χ4n) is 1.16. The summed E-state index contributed by atoms with van der Waals surface area (Å²) in [6.07, 6.45) is 0.113. The van der Waals surface area contributed by atoms with E-state index in [2.05, 4.69) is 20.4 Å². The number of tetrazole rings is 1. The SMILES string of the molecule is Cn1nnc(CC(=O)c2csc(CN)n2)n1. The van der Waals surface area contributed by atoms with Crippen molar-refractivity contribution in [3.05, 3.63) is 21.9 Å². The van der Waals surface area contributed by atoms with Crippen LogP contribution in [0.25, 0.3) is 0 Å². The van der Waals surface area contributed by atoms with E-state index in [-0.39, 0.29) is 12.2 Å². The number of rotatable bonds is 4. The molecule has 16 heavy (non-hydrogen) atoms. The van der Waals surface area contributed by atoms with Gasteiger partial charge in [0.2, 0.25) is 0 Å². The van der Waals surface area contributed by atoms with Crippen LogP contribution in [0.5, 0.6) is 0 Å². The van der Waals surface area contributed by atoms with Gasteiger partial charge in [-0.05, 0) is 5.21 Å². The average molecular weight is 238 g/mol. The molecule has 0 bridgehead atoms. The van der Waals surface area contributed by atoms with E-state index in [0.29, 0.717) is 18.1 Å². The molecule has 0 aliphatic carbocycles. The van der Waals surface area contributed by atoms with Crippen LogP contribution in [0.2, 0.25) is 0 Å². The van der Waals surface area contributed by atoms with E-state index in [0.717, 1.165) is 5.01 Å². The lowest BCUT2D eigenvalue weighted by atomic mass is 10.2. The maximum atomic E-state index is 11.7. The Bertz CT molecular complexity index is 504. The third-order valence-electron chi connectivity index (χ3n) is 1.88. The highest BCUT2D eigenvalue weighted by Crippen LogP contribution is 2.10. The Kier molecular flexibility index (Phi) is 3.02. The van der Waals surface area contributed by atoms with Crippen LogP contribution in [0.1, 0.15) is 21.3 Å². The van der Waals surface area contributed by atoms with Gasteiger partial charge in [0.1, 0.15) is 10.7 Å². The number of aromatic nitrogens is 5. The second-order valence-electron chi connectivity index (χ2n) is 3.13. The monoisotopic (exact) mass is 238 g/mol. The van der Waals surface area contributed by atoms with Gasteiger partial charge >= 0.3 is 0 Å². The first kappa shape index (κ1) is 10.8. The second kappa shape index (κ2) is 4.45. The molecule has 7 nitrogen and oxygen atoms in total. The molecule has 8 heteroatoms. The Morgan fingerprint density at radius 2 is 2.44 bits per heavy atom. The molecule has 84 valence electrons. The van der Waals surface area contributed by atoms with Gasteiger partial charge in [-0.1, -0.05) is 0 Å². The molecule has 2 heterocycles. The zero-order valence-corrected chi connectivity index (χ0v) is 9.44. The number of hydrogen-bond donors (Lipinski definition) is 1. The van der Waals surface area contributed by atoms with E-state index in [1.54, 1.807) is 12.4 Å². The quantitative estimate of drug-likeness (QED) is 0.724. The van der Waals surface area contributed by atoms with Crippen LogP contribution < -0.4 is 5.73 Å². The first-order chi connectivity index (χ1) is 7.69. The van der Waals surface area contributed by atoms with Gasteiger partial charge < -0.3 is 5.73 Å². The number of carbonyl (C=O) groups is 1. The van der Waals surface area contributed by atoms with Crippen LogP contribution in [0.3, 0.4) is 0 Å². The highest BCUT2D eigenvalue weighted by molar-refractivity contribution is 7.09. The van der Waals surface area contributed by atoms with E-state index in [4.69, 9.17) is 5.73 Å². The lowest BCUT2D eigenvalue weighted by Crippen LogP contribution is -2.07. The molecule has 0 unspecified atom stereocenters. The maximum Gasteiger partial charge on any atom is 0.189 e. The summed E-state index contributed by atoms with van der Waals surface area (Å²) in [6.45, 7) is 0.349. The van der Waals surface area contributed by atoms with Crippen molar-refractivity contribution >= 4 is 17.1 Å². The van der Waals surface area contributed by atoms with Crippen LogP contribution >= 0.6 is 11.3 Å². The largest absolute Gasteiger partial charge is 0.325 e. The Balaban J connectivity index is 2.08. The van der Waals surface area contributed by atoms with Gasteiger partial charge in [0, 0.05) is 11.9 Å². The number of carbonyl (C=O) groups excluding carboxylic acids is 1. The minimum atomic E-state index is -0.121. The van der Waals surface area contributed by atoms with Gasteiger partial charge in [-0.2, -0.15) is 4.80 Å². The molecular weight excluding hydrogens is 228 g/mol. The molecule has 0 atom stereocenters. The van der Waals surface area contributed by atoms with Crippen molar-refractivity contribution in [2.75, 3.05) is 0 Å². The van der Waals surface area contributed by atoms with Crippen molar-refractivity contribution in [3.63, 3.8) is 0 Å². The number of nitrogens with zero attached hydrogens (tertiary/aromatic N) is 5. The van der Waals surface area contributed by atoms with E-state index in [9.17, 15) is 4.79 Å². The van der Waals surface area contributed by atoms with E-state index in [1.165, 1.54) is 16.1 Å². The Morgan fingerprint density at radius 1 is 1.62 bits per heavy atom. The molecule has 0 fully saturated rings. The summed E-state index contributed by atoms with van der Waals surface area (Å²) < 4.78 is 0. The van der Waals surface area contributed by atoms with E-state index < -0.39 is 0 Å². The molecule has 2 aromatic rings. The zero-order valence-electron chi connectivity index (χ0n) is 8.62.